The van der Waals surface area contributed by atoms with Crippen LogP contribution in [0.1, 0.15) is 0 Å². The Hall–Kier alpha value is -1.22. The van der Waals surface area contributed by atoms with Gasteiger partial charge in [0, 0.05) is 19.2 Å². The van der Waals surface area contributed by atoms with E-state index in [1.165, 1.54) is 6.07 Å². The van der Waals surface area contributed by atoms with Crippen LogP contribution in [0.5, 0.6) is 5.75 Å². The Labute approximate surface area is 106 Å². The van der Waals surface area contributed by atoms with Gasteiger partial charge in [-0.3, -0.25) is 4.21 Å². The van der Waals surface area contributed by atoms with Gasteiger partial charge in [-0.1, -0.05) is 0 Å². The van der Waals surface area contributed by atoms with Crippen LogP contribution in [0.2, 0.25) is 0 Å². The maximum Gasteiger partial charge on any atom is 0.166 e. The largest absolute Gasteiger partial charge is 0.754 e. The standard InChI is InChI=1S/C10H13FN2O4S/c11-9-7-8(1-2-10(9)14)13(18(15)16)12-3-5-17-6-4-12/h1-2,7,14H,3-6H2,(H,15,16)/p-1. The fourth-order valence-electron chi connectivity index (χ4n) is 1.69. The summed E-state index contributed by atoms with van der Waals surface area (Å²) < 4.78 is 41.8. The Morgan fingerprint density at radius 1 is 1.44 bits per heavy atom. The Kier molecular flexibility index (Phi) is 4.12. The number of aromatic hydroxyl groups is 1. The van der Waals surface area contributed by atoms with Crippen molar-refractivity contribution in [1.82, 2.24) is 5.01 Å². The molecule has 2 rings (SSSR count). The van der Waals surface area contributed by atoms with Crippen molar-refractivity contribution in [1.29, 1.82) is 0 Å². The summed E-state index contributed by atoms with van der Waals surface area (Å²) in [6.07, 6.45) is 0. The van der Waals surface area contributed by atoms with Crippen LogP contribution in [-0.4, -0.2) is 45.2 Å². The van der Waals surface area contributed by atoms with Gasteiger partial charge in [0.05, 0.1) is 30.2 Å². The molecule has 0 saturated carbocycles. The van der Waals surface area contributed by atoms with Crippen LogP contribution in [0, 0.1) is 5.82 Å². The lowest BCUT2D eigenvalue weighted by atomic mass is 10.3. The lowest BCUT2D eigenvalue weighted by molar-refractivity contribution is 0.0406. The van der Waals surface area contributed by atoms with Crippen molar-refractivity contribution >= 4 is 17.0 Å². The van der Waals surface area contributed by atoms with Gasteiger partial charge < -0.3 is 14.4 Å². The van der Waals surface area contributed by atoms with Crippen LogP contribution in [0.15, 0.2) is 18.2 Å². The Bertz CT molecular complexity index is 454. The van der Waals surface area contributed by atoms with E-state index in [0.29, 0.717) is 26.3 Å². The fourth-order valence-corrected chi connectivity index (χ4v) is 2.33. The SMILES string of the molecule is O=S([O-])N(c1ccc(O)c(F)c1)N1CCOCC1. The van der Waals surface area contributed by atoms with E-state index in [9.17, 15) is 13.2 Å². The van der Waals surface area contributed by atoms with Gasteiger partial charge in [-0.2, -0.15) is 0 Å². The smallest absolute Gasteiger partial charge is 0.166 e. The molecule has 100 valence electrons. The quantitative estimate of drug-likeness (QED) is 0.807. The minimum Gasteiger partial charge on any atom is -0.754 e. The van der Waals surface area contributed by atoms with Crippen LogP contribution in [0.3, 0.4) is 0 Å². The first-order valence-electron chi connectivity index (χ1n) is 5.30. The van der Waals surface area contributed by atoms with Crippen molar-refractivity contribution in [3.05, 3.63) is 24.0 Å². The van der Waals surface area contributed by atoms with Gasteiger partial charge in [0.1, 0.15) is 0 Å². The summed E-state index contributed by atoms with van der Waals surface area (Å²) in [6.45, 7) is 1.62. The molecule has 1 aromatic carbocycles. The van der Waals surface area contributed by atoms with Crippen LogP contribution < -0.4 is 4.41 Å². The number of ether oxygens (including phenoxy) is 1. The molecule has 1 N–H and O–H groups in total. The number of phenols is 1. The number of hydrogen-bond donors (Lipinski definition) is 1. The zero-order chi connectivity index (χ0) is 13.1. The number of morpholine rings is 1. The first-order chi connectivity index (χ1) is 8.59. The first kappa shape index (κ1) is 13.2. The Morgan fingerprint density at radius 3 is 2.67 bits per heavy atom. The summed E-state index contributed by atoms with van der Waals surface area (Å²) in [5.41, 5.74) is 0.139. The summed E-state index contributed by atoms with van der Waals surface area (Å²) in [5.74, 6) is -1.38. The third-order valence-corrected chi connectivity index (χ3v) is 3.26. The van der Waals surface area contributed by atoms with Gasteiger partial charge in [-0.05, 0) is 12.1 Å². The van der Waals surface area contributed by atoms with Crippen LogP contribution >= 0.6 is 0 Å². The average Bonchev–Trinajstić information content (AvgIpc) is 2.35. The normalized spacial score (nSPS) is 18.6. The maximum atomic E-state index is 13.2. The van der Waals surface area contributed by atoms with Crippen molar-refractivity contribution < 1.29 is 23.0 Å². The van der Waals surface area contributed by atoms with Crippen molar-refractivity contribution in [3.63, 3.8) is 0 Å². The number of phenolic OH excluding ortho intramolecular Hbond substituents is 1. The first-order valence-corrected chi connectivity index (χ1v) is 6.33. The van der Waals surface area contributed by atoms with Gasteiger partial charge in [0.2, 0.25) is 0 Å². The molecule has 1 aliphatic rings. The molecule has 6 nitrogen and oxygen atoms in total. The number of halogens is 1. The topological polar surface area (TPSA) is 76.1 Å². The highest BCUT2D eigenvalue weighted by Crippen LogP contribution is 2.25. The molecular formula is C10H12FN2O4S-. The summed E-state index contributed by atoms with van der Waals surface area (Å²) in [4.78, 5) is 0. The number of benzene rings is 1. The number of hydrazine groups is 1. The van der Waals surface area contributed by atoms with Crippen molar-refractivity contribution in [2.75, 3.05) is 30.7 Å². The van der Waals surface area contributed by atoms with E-state index in [1.54, 1.807) is 5.01 Å². The number of hydrogen-bond acceptors (Lipinski definition) is 5. The summed E-state index contributed by atoms with van der Waals surface area (Å²) >= 11 is -2.56. The molecule has 18 heavy (non-hydrogen) atoms. The molecule has 0 bridgehead atoms. The molecular weight excluding hydrogens is 263 g/mol. The molecule has 1 aromatic rings. The number of anilines is 1. The number of rotatable bonds is 3. The fraction of sp³-hybridized carbons (Fsp3) is 0.400. The van der Waals surface area contributed by atoms with Crippen LogP contribution in [0.4, 0.5) is 10.1 Å². The molecule has 1 atom stereocenters. The van der Waals surface area contributed by atoms with Gasteiger partial charge >= 0.3 is 0 Å². The average molecular weight is 275 g/mol. The summed E-state index contributed by atoms with van der Waals surface area (Å²) in [6, 6.07) is 3.43. The maximum absolute atomic E-state index is 13.2. The van der Waals surface area contributed by atoms with E-state index >= 15 is 0 Å². The van der Waals surface area contributed by atoms with Crippen molar-refractivity contribution in [3.8, 4) is 5.75 Å². The van der Waals surface area contributed by atoms with E-state index in [-0.39, 0.29) is 5.69 Å². The molecule has 0 aliphatic carbocycles. The van der Waals surface area contributed by atoms with E-state index in [4.69, 9.17) is 9.84 Å². The predicted octanol–water partition coefficient (Wildman–Crippen LogP) is 0.379. The lowest BCUT2D eigenvalue weighted by Crippen LogP contribution is -2.49. The molecule has 8 heteroatoms. The summed E-state index contributed by atoms with van der Waals surface area (Å²) in [7, 11) is 0. The van der Waals surface area contributed by atoms with E-state index in [2.05, 4.69) is 0 Å². The zero-order valence-electron chi connectivity index (χ0n) is 9.41. The lowest BCUT2D eigenvalue weighted by Gasteiger charge is -2.39. The Balaban J connectivity index is 2.28. The molecule has 0 spiro atoms. The van der Waals surface area contributed by atoms with Crippen LogP contribution in [-0.2, 0) is 16.0 Å². The van der Waals surface area contributed by atoms with Crippen molar-refractivity contribution in [2.45, 2.75) is 0 Å². The number of nitrogens with zero attached hydrogens (tertiary/aromatic N) is 2. The highest BCUT2D eigenvalue weighted by atomic mass is 32.2. The van der Waals surface area contributed by atoms with E-state index in [1.807, 2.05) is 0 Å². The third kappa shape index (κ3) is 2.78. The predicted molar refractivity (Wildman–Crippen MR) is 61.9 cm³/mol. The van der Waals surface area contributed by atoms with Gasteiger partial charge in [-0.15, -0.1) is 0 Å². The van der Waals surface area contributed by atoms with Gasteiger partial charge in [-0.25, -0.2) is 13.8 Å². The highest BCUT2D eigenvalue weighted by molar-refractivity contribution is 7.80. The molecule has 0 radical (unpaired) electrons. The molecule has 1 unspecified atom stereocenters. The monoisotopic (exact) mass is 275 g/mol. The van der Waals surface area contributed by atoms with Crippen molar-refractivity contribution in [2.24, 2.45) is 0 Å². The van der Waals surface area contributed by atoms with E-state index < -0.39 is 22.8 Å². The molecule has 0 aromatic heterocycles. The second-order valence-corrected chi connectivity index (χ2v) is 4.47. The highest BCUT2D eigenvalue weighted by Gasteiger charge is 2.20. The zero-order valence-corrected chi connectivity index (χ0v) is 10.2. The van der Waals surface area contributed by atoms with E-state index in [0.717, 1.165) is 16.5 Å². The summed E-state index contributed by atoms with van der Waals surface area (Å²) in [5, 5.41) is 10.6. The molecule has 0 amide bonds. The second-order valence-electron chi connectivity index (χ2n) is 3.69. The molecule has 1 saturated heterocycles. The Morgan fingerprint density at radius 2 is 2.11 bits per heavy atom. The molecule has 1 fully saturated rings. The second kappa shape index (κ2) is 5.61. The molecule has 1 aliphatic heterocycles. The van der Waals surface area contributed by atoms with Gasteiger partial charge in [0.25, 0.3) is 0 Å². The van der Waals surface area contributed by atoms with Crippen LogP contribution in [0.25, 0.3) is 0 Å². The molecule has 1 heterocycles. The third-order valence-electron chi connectivity index (χ3n) is 2.54. The minimum atomic E-state index is -2.56. The minimum absolute atomic E-state index is 0.139. The van der Waals surface area contributed by atoms with Gasteiger partial charge in [0.15, 0.2) is 11.6 Å².